The fraction of sp³-hybridized carbons (Fsp3) is 0.643. The second-order valence-corrected chi connectivity index (χ2v) is 7.73. The lowest BCUT2D eigenvalue weighted by atomic mass is 10.1. The van der Waals surface area contributed by atoms with Crippen LogP contribution in [-0.2, 0) is 6.54 Å². The number of nitrogens with zero attached hydrogens (tertiary/aromatic N) is 2. The summed E-state index contributed by atoms with van der Waals surface area (Å²) in [5, 5.41) is 3.88. The molecule has 1 aromatic heterocycles. The van der Waals surface area contributed by atoms with Gasteiger partial charge in [-0.2, -0.15) is 11.8 Å². The Morgan fingerprint density at radius 1 is 1.47 bits per heavy atom. The first-order chi connectivity index (χ1) is 9.02. The smallest absolute Gasteiger partial charge is 0.147 e. The third-order valence-electron chi connectivity index (χ3n) is 3.40. The first-order valence-corrected chi connectivity index (χ1v) is 8.06. The second-order valence-electron chi connectivity index (χ2n) is 5.52. The van der Waals surface area contributed by atoms with Gasteiger partial charge in [-0.05, 0) is 25.1 Å². The van der Waals surface area contributed by atoms with Crippen LogP contribution in [0.3, 0.4) is 0 Å². The molecule has 0 aromatic carbocycles. The molecule has 106 valence electrons. The standard InChI is InChI=1S/C14H22ClN3S/c1-14(2)4-5-18(6-7-19-14)13-12(15)8-11(9-16-3)10-17-13/h8,10,16H,4-7,9H2,1-3H3. The van der Waals surface area contributed by atoms with Crippen molar-refractivity contribution in [1.82, 2.24) is 10.3 Å². The van der Waals surface area contributed by atoms with E-state index < -0.39 is 0 Å². The molecule has 19 heavy (non-hydrogen) atoms. The van der Waals surface area contributed by atoms with Crippen molar-refractivity contribution < 1.29 is 0 Å². The lowest BCUT2D eigenvalue weighted by Gasteiger charge is -2.24. The van der Waals surface area contributed by atoms with Crippen LogP contribution >= 0.6 is 23.4 Å². The van der Waals surface area contributed by atoms with Gasteiger partial charge in [0.05, 0.1) is 5.02 Å². The molecule has 1 saturated heterocycles. The van der Waals surface area contributed by atoms with E-state index in [1.54, 1.807) is 0 Å². The molecule has 3 nitrogen and oxygen atoms in total. The molecule has 2 rings (SSSR count). The van der Waals surface area contributed by atoms with E-state index in [-0.39, 0.29) is 0 Å². The Morgan fingerprint density at radius 3 is 2.95 bits per heavy atom. The number of anilines is 1. The monoisotopic (exact) mass is 299 g/mol. The predicted octanol–water partition coefficient (Wildman–Crippen LogP) is 3.18. The first kappa shape index (κ1) is 14.9. The van der Waals surface area contributed by atoms with Gasteiger partial charge in [-0.25, -0.2) is 4.98 Å². The second kappa shape index (κ2) is 6.33. The molecule has 0 aliphatic carbocycles. The molecule has 0 spiro atoms. The van der Waals surface area contributed by atoms with Crippen molar-refractivity contribution in [2.75, 3.05) is 30.8 Å². The summed E-state index contributed by atoms with van der Waals surface area (Å²) < 4.78 is 0.354. The normalized spacial score (nSPS) is 19.3. The lowest BCUT2D eigenvalue weighted by Crippen LogP contribution is -2.28. The van der Waals surface area contributed by atoms with Crippen LogP contribution in [0.4, 0.5) is 5.82 Å². The van der Waals surface area contributed by atoms with Crippen molar-refractivity contribution in [3.8, 4) is 0 Å². The van der Waals surface area contributed by atoms with Crippen LogP contribution in [0.2, 0.25) is 5.02 Å². The van der Waals surface area contributed by atoms with Gasteiger partial charge >= 0.3 is 0 Å². The topological polar surface area (TPSA) is 28.2 Å². The summed E-state index contributed by atoms with van der Waals surface area (Å²) >= 11 is 8.42. The van der Waals surface area contributed by atoms with Crippen LogP contribution in [0.5, 0.6) is 0 Å². The van der Waals surface area contributed by atoms with Crippen molar-refractivity contribution in [1.29, 1.82) is 0 Å². The maximum Gasteiger partial charge on any atom is 0.147 e. The summed E-state index contributed by atoms with van der Waals surface area (Å²) in [6.45, 7) is 7.47. The molecule has 2 heterocycles. The van der Waals surface area contributed by atoms with Gasteiger partial charge in [0.2, 0.25) is 0 Å². The molecular weight excluding hydrogens is 278 g/mol. The van der Waals surface area contributed by atoms with Gasteiger partial charge in [0.25, 0.3) is 0 Å². The van der Waals surface area contributed by atoms with Gasteiger partial charge in [-0.15, -0.1) is 0 Å². The molecule has 1 N–H and O–H groups in total. The van der Waals surface area contributed by atoms with Crippen LogP contribution in [0.25, 0.3) is 0 Å². The number of rotatable bonds is 3. The van der Waals surface area contributed by atoms with E-state index in [0.717, 1.165) is 48.2 Å². The maximum atomic E-state index is 6.38. The van der Waals surface area contributed by atoms with Gasteiger partial charge in [0.15, 0.2) is 0 Å². The summed E-state index contributed by atoms with van der Waals surface area (Å²) in [6, 6.07) is 2.02. The minimum atomic E-state index is 0.354. The zero-order valence-electron chi connectivity index (χ0n) is 11.9. The van der Waals surface area contributed by atoms with E-state index in [1.807, 2.05) is 31.1 Å². The van der Waals surface area contributed by atoms with E-state index in [1.165, 1.54) is 0 Å². The summed E-state index contributed by atoms with van der Waals surface area (Å²) in [7, 11) is 1.93. The fourth-order valence-electron chi connectivity index (χ4n) is 2.24. The minimum Gasteiger partial charge on any atom is -0.355 e. The largest absolute Gasteiger partial charge is 0.355 e. The zero-order valence-corrected chi connectivity index (χ0v) is 13.4. The molecule has 0 atom stereocenters. The SMILES string of the molecule is CNCc1cnc(N2CCSC(C)(C)CC2)c(Cl)c1. The lowest BCUT2D eigenvalue weighted by molar-refractivity contribution is 0.635. The molecule has 1 fully saturated rings. The van der Waals surface area contributed by atoms with Crippen LogP contribution in [-0.4, -0.2) is 35.6 Å². The van der Waals surface area contributed by atoms with Crippen molar-refractivity contribution in [2.24, 2.45) is 0 Å². The molecule has 1 aliphatic rings. The molecule has 0 unspecified atom stereocenters. The zero-order chi connectivity index (χ0) is 13.9. The van der Waals surface area contributed by atoms with Gasteiger partial charge in [0.1, 0.15) is 5.82 Å². The van der Waals surface area contributed by atoms with E-state index in [9.17, 15) is 0 Å². The predicted molar refractivity (Wildman–Crippen MR) is 85.4 cm³/mol. The number of aromatic nitrogens is 1. The first-order valence-electron chi connectivity index (χ1n) is 6.70. The highest BCUT2D eigenvalue weighted by Gasteiger charge is 2.25. The highest BCUT2D eigenvalue weighted by Crippen LogP contribution is 2.33. The number of halogens is 1. The van der Waals surface area contributed by atoms with Crippen molar-refractivity contribution in [3.05, 3.63) is 22.8 Å². The van der Waals surface area contributed by atoms with E-state index in [4.69, 9.17) is 11.6 Å². The Hall–Kier alpha value is -0.450. The molecule has 0 radical (unpaired) electrons. The number of nitrogens with one attached hydrogen (secondary N) is 1. The fourth-order valence-corrected chi connectivity index (χ4v) is 3.64. The van der Waals surface area contributed by atoms with Crippen LogP contribution in [0, 0.1) is 0 Å². The summed E-state index contributed by atoms with van der Waals surface area (Å²) in [5.41, 5.74) is 1.13. The van der Waals surface area contributed by atoms with E-state index in [2.05, 4.69) is 29.0 Å². The van der Waals surface area contributed by atoms with Gasteiger partial charge in [-0.3, -0.25) is 0 Å². The molecular formula is C14H22ClN3S. The summed E-state index contributed by atoms with van der Waals surface area (Å²) in [5.74, 6) is 2.06. The molecule has 0 amide bonds. The minimum absolute atomic E-state index is 0.354. The Morgan fingerprint density at radius 2 is 2.26 bits per heavy atom. The maximum absolute atomic E-state index is 6.38. The quantitative estimate of drug-likeness (QED) is 0.928. The average Bonchev–Trinajstić information content (AvgIpc) is 2.51. The average molecular weight is 300 g/mol. The number of hydrogen-bond acceptors (Lipinski definition) is 4. The van der Waals surface area contributed by atoms with E-state index >= 15 is 0 Å². The molecule has 1 aromatic rings. The molecule has 1 aliphatic heterocycles. The highest BCUT2D eigenvalue weighted by molar-refractivity contribution is 8.00. The van der Waals surface area contributed by atoms with Gasteiger partial charge < -0.3 is 10.2 Å². The third-order valence-corrected chi connectivity index (χ3v) is 5.05. The number of pyridine rings is 1. The Balaban J connectivity index is 2.13. The Bertz CT molecular complexity index is 437. The molecule has 0 bridgehead atoms. The van der Waals surface area contributed by atoms with Gasteiger partial charge in [0, 0.05) is 36.3 Å². The van der Waals surface area contributed by atoms with Crippen LogP contribution in [0.15, 0.2) is 12.3 Å². The number of hydrogen-bond donors (Lipinski definition) is 1. The molecule has 0 saturated carbocycles. The van der Waals surface area contributed by atoms with Crippen molar-refractivity contribution in [2.45, 2.75) is 31.6 Å². The highest BCUT2D eigenvalue weighted by atomic mass is 35.5. The Labute approximate surface area is 125 Å². The number of thioether (sulfide) groups is 1. The van der Waals surface area contributed by atoms with Crippen molar-refractivity contribution >= 4 is 29.2 Å². The molecule has 5 heteroatoms. The Kier molecular flexibility index (Phi) is 4.98. The van der Waals surface area contributed by atoms with Crippen LogP contribution in [0.1, 0.15) is 25.8 Å². The van der Waals surface area contributed by atoms with Crippen molar-refractivity contribution in [3.63, 3.8) is 0 Å². The van der Waals surface area contributed by atoms with Crippen LogP contribution < -0.4 is 10.2 Å². The summed E-state index contributed by atoms with van der Waals surface area (Å²) in [6.07, 6.45) is 3.08. The third kappa shape index (κ3) is 4.01. The van der Waals surface area contributed by atoms with E-state index in [0.29, 0.717) is 4.75 Å². The van der Waals surface area contributed by atoms with Gasteiger partial charge in [-0.1, -0.05) is 25.4 Å². The summed E-state index contributed by atoms with van der Waals surface area (Å²) in [4.78, 5) is 6.87.